The van der Waals surface area contributed by atoms with Gasteiger partial charge in [-0.25, -0.2) is 19.0 Å². The van der Waals surface area contributed by atoms with Crippen molar-refractivity contribution in [1.29, 1.82) is 0 Å². The van der Waals surface area contributed by atoms with Crippen molar-refractivity contribution in [3.05, 3.63) is 96.3 Å². The minimum Gasteiger partial charge on any atom is -0.507 e. The molecule has 0 radical (unpaired) electrons. The zero-order valence-corrected chi connectivity index (χ0v) is 21.9. The second-order valence-electron chi connectivity index (χ2n) is 9.76. The van der Waals surface area contributed by atoms with Crippen molar-refractivity contribution in [3.63, 3.8) is 0 Å². The summed E-state index contributed by atoms with van der Waals surface area (Å²) >= 11 is 0. The number of aromatic hydroxyl groups is 2. The van der Waals surface area contributed by atoms with Crippen molar-refractivity contribution >= 4 is 33.7 Å². The molecular formula is C30H19N7O6. The van der Waals surface area contributed by atoms with E-state index in [1.165, 1.54) is 45.8 Å². The molecule has 7 aromatic rings. The third kappa shape index (κ3) is 4.37. The average Bonchev–Trinajstić information content (AvgIpc) is 3.75. The first-order valence-corrected chi connectivity index (χ1v) is 12.8. The summed E-state index contributed by atoms with van der Waals surface area (Å²) in [6, 6.07) is 20.0. The fourth-order valence-corrected chi connectivity index (χ4v) is 4.95. The summed E-state index contributed by atoms with van der Waals surface area (Å²) in [6.45, 7) is 0. The minimum absolute atomic E-state index is 0.204. The van der Waals surface area contributed by atoms with Crippen LogP contribution in [-0.4, -0.2) is 67.3 Å². The van der Waals surface area contributed by atoms with Crippen molar-refractivity contribution in [2.75, 3.05) is 0 Å². The molecule has 13 nitrogen and oxygen atoms in total. The van der Waals surface area contributed by atoms with Crippen molar-refractivity contribution in [1.82, 2.24) is 35.0 Å². The fraction of sp³-hybridized carbons (Fsp3) is 0. The molecule has 0 fully saturated rings. The lowest BCUT2D eigenvalue weighted by molar-refractivity contribution is 0.0682. The molecule has 3 aromatic heterocycles. The summed E-state index contributed by atoms with van der Waals surface area (Å²) < 4.78 is 2.91. The molecule has 0 saturated carbocycles. The number of carboxylic acids is 2. The van der Waals surface area contributed by atoms with Gasteiger partial charge in [0.05, 0.1) is 23.8 Å². The molecule has 0 aliphatic heterocycles. The number of carboxylic acid groups (broad SMARTS) is 2. The molecule has 0 amide bonds. The van der Waals surface area contributed by atoms with E-state index >= 15 is 0 Å². The van der Waals surface area contributed by atoms with Gasteiger partial charge in [0.25, 0.3) is 0 Å². The first-order chi connectivity index (χ1) is 20.7. The first-order valence-electron chi connectivity index (χ1n) is 12.8. The highest BCUT2D eigenvalue weighted by molar-refractivity contribution is 6.09. The molecule has 0 atom stereocenters. The number of aromatic nitrogens is 7. The molecule has 0 bridgehead atoms. The van der Waals surface area contributed by atoms with E-state index in [0.717, 1.165) is 32.9 Å². The third-order valence-electron chi connectivity index (χ3n) is 7.13. The van der Waals surface area contributed by atoms with Crippen LogP contribution in [0.5, 0.6) is 11.5 Å². The molecular weight excluding hydrogens is 554 g/mol. The van der Waals surface area contributed by atoms with Crippen molar-refractivity contribution in [2.45, 2.75) is 0 Å². The van der Waals surface area contributed by atoms with E-state index in [0.29, 0.717) is 22.8 Å². The molecule has 7 rings (SSSR count). The molecule has 0 aliphatic rings. The lowest BCUT2D eigenvalue weighted by Crippen LogP contribution is -1.99. The van der Waals surface area contributed by atoms with Gasteiger partial charge < -0.3 is 25.4 Å². The second-order valence-corrected chi connectivity index (χ2v) is 9.76. The van der Waals surface area contributed by atoms with Gasteiger partial charge in [-0.2, -0.15) is 0 Å². The van der Waals surface area contributed by atoms with E-state index in [1.807, 2.05) is 36.4 Å². The quantitative estimate of drug-likeness (QED) is 0.187. The Bertz CT molecular complexity index is 2090. The van der Waals surface area contributed by atoms with E-state index in [-0.39, 0.29) is 22.6 Å². The number of aromatic carboxylic acids is 2. The van der Waals surface area contributed by atoms with Gasteiger partial charge in [0.15, 0.2) is 0 Å². The predicted molar refractivity (Wildman–Crippen MR) is 154 cm³/mol. The zero-order chi connectivity index (χ0) is 29.8. The number of aromatic amines is 1. The second kappa shape index (κ2) is 9.55. The van der Waals surface area contributed by atoms with Gasteiger partial charge in [0.2, 0.25) is 0 Å². The maximum absolute atomic E-state index is 11.2. The van der Waals surface area contributed by atoms with Gasteiger partial charge in [-0.15, -0.1) is 10.2 Å². The SMILES string of the molecule is O=C(O)c1ccc(-n2cc(-c3ccc4[nH]c5ccc(-c6cn(-c7ccc(C(=O)O)c(O)c7)nn6)cc5c4c3)nn2)cc1O. The standard InChI is InChI=1S/C30H19N7O6/c38-27-11-17(3-5-19(27)29(40)41)36-13-25(32-34-36)15-1-7-23-21(9-15)22-10-16(2-8-24(22)31-23)26-14-37(35-33-26)18-4-6-20(30(42)43)28(39)12-18/h1-14,31,38-39H,(H,40,41)(H,42,43). The number of fused-ring (bicyclic) bond motifs is 3. The molecule has 3 heterocycles. The maximum Gasteiger partial charge on any atom is 0.339 e. The van der Waals surface area contributed by atoms with Crippen LogP contribution in [0, 0.1) is 0 Å². The number of hydrogen-bond acceptors (Lipinski definition) is 8. The summed E-state index contributed by atoms with van der Waals surface area (Å²) in [5.74, 6) is -3.19. The Hall–Kier alpha value is -6.50. The normalized spacial score (nSPS) is 11.3. The summed E-state index contributed by atoms with van der Waals surface area (Å²) in [5, 5.41) is 57.2. The van der Waals surface area contributed by atoms with E-state index < -0.39 is 11.9 Å². The van der Waals surface area contributed by atoms with Crippen LogP contribution in [0.4, 0.5) is 0 Å². The minimum atomic E-state index is -1.23. The van der Waals surface area contributed by atoms with Crippen LogP contribution in [0.1, 0.15) is 20.7 Å². The van der Waals surface area contributed by atoms with Gasteiger partial charge in [-0.1, -0.05) is 22.6 Å². The number of carbonyl (C=O) groups is 2. The Morgan fingerprint density at radius 2 is 1.05 bits per heavy atom. The zero-order valence-electron chi connectivity index (χ0n) is 21.9. The van der Waals surface area contributed by atoms with Crippen LogP contribution >= 0.6 is 0 Å². The van der Waals surface area contributed by atoms with Gasteiger partial charge in [-0.3, -0.25) is 0 Å². The highest BCUT2D eigenvalue weighted by Crippen LogP contribution is 2.33. The van der Waals surface area contributed by atoms with Crippen LogP contribution in [-0.2, 0) is 0 Å². The molecule has 0 unspecified atom stereocenters. The maximum atomic E-state index is 11.2. The lowest BCUT2D eigenvalue weighted by Gasteiger charge is -2.03. The number of nitrogens with zero attached hydrogens (tertiary/aromatic N) is 6. The molecule has 0 aliphatic carbocycles. The number of benzene rings is 4. The smallest absolute Gasteiger partial charge is 0.339 e. The van der Waals surface area contributed by atoms with E-state index in [9.17, 15) is 19.8 Å². The lowest BCUT2D eigenvalue weighted by atomic mass is 10.0. The van der Waals surface area contributed by atoms with Crippen molar-refractivity contribution in [3.8, 4) is 45.4 Å². The molecule has 5 N–H and O–H groups in total. The Morgan fingerprint density at radius 1 is 0.605 bits per heavy atom. The summed E-state index contributed by atoms with van der Waals surface area (Å²) in [5.41, 5.74) is 5.09. The Labute approximate surface area is 240 Å². The van der Waals surface area contributed by atoms with Crippen LogP contribution in [0.3, 0.4) is 0 Å². The van der Waals surface area contributed by atoms with E-state index in [1.54, 1.807) is 12.4 Å². The molecule has 13 heteroatoms. The average molecular weight is 574 g/mol. The van der Waals surface area contributed by atoms with Crippen LogP contribution in [0.15, 0.2) is 85.2 Å². The topological polar surface area (TPSA) is 192 Å². The molecule has 0 saturated heterocycles. The number of phenols is 2. The van der Waals surface area contributed by atoms with Gasteiger partial charge in [-0.05, 0) is 48.5 Å². The first kappa shape index (κ1) is 25.5. The van der Waals surface area contributed by atoms with Crippen LogP contribution in [0.25, 0.3) is 55.7 Å². The number of rotatable bonds is 6. The highest BCUT2D eigenvalue weighted by Gasteiger charge is 2.15. The summed E-state index contributed by atoms with van der Waals surface area (Å²) in [7, 11) is 0. The molecule has 43 heavy (non-hydrogen) atoms. The Balaban J connectivity index is 1.22. The van der Waals surface area contributed by atoms with Gasteiger partial charge in [0, 0.05) is 45.1 Å². The number of nitrogens with one attached hydrogen (secondary N) is 1. The monoisotopic (exact) mass is 573 g/mol. The van der Waals surface area contributed by atoms with Crippen molar-refractivity contribution in [2.24, 2.45) is 0 Å². The van der Waals surface area contributed by atoms with Crippen molar-refractivity contribution < 1.29 is 30.0 Å². The summed E-state index contributed by atoms with van der Waals surface area (Å²) in [6.07, 6.45) is 3.38. The van der Waals surface area contributed by atoms with Gasteiger partial charge >= 0.3 is 11.9 Å². The van der Waals surface area contributed by atoms with E-state index in [2.05, 4.69) is 25.6 Å². The molecule has 0 spiro atoms. The fourth-order valence-electron chi connectivity index (χ4n) is 4.95. The molecule has 210 valence electrons. The summed E-state index contributed by atoms with van der Waals surface area (Å²) in [4.78, 5) is 25.8. The van der Waals surface area contributed by atoms with Crippen LogP contribution < -0.4 is 0 Å². The van der Waals surface area contributed by atoms with E-state index in [4.69, 9.17) is 10.2 Å². The number of H-pyrrole nitrogens is 1. The Morgan fingerprint density at radius 3 is 1.44 bits per heavy atom. The third-order valence-corrected chi connectivity index (χ3v) is 7.13. The van der Waals surface area contributed by atoms with Crippen LogP contribution in [0.2, 0.25) is 0 Å². The predicted octanol–water partition coefficient (Wildman–Crippen LogP) is 4.62. The number of hydrogen-bond donors (Lipinski definition) is 5. The Kier molecular flexibility index (Phi) is 5.66. The van der Waals surface area contributed by atoms with Gasteiger partial charge in [0.1, 0.15) is 34.0 Å². The highest BCUT2D eigenvalue weighted by atomic mass is 16.4. The molecule has 4 aromatic carbocycles. The largest absolute Gasteiger partial charge is 0.507 e.